The van der Waals surface area contributed by atoms with Crippen LogP contribution < -0.4 is 5.32 Å². The second-order valence-corrected chi connectivity index (χ2v) is 3.72. The maximum Gasteiger partial charge on any atom is 0.257 e. The van der Waals surface area contributed by atoms with Gasteiger partial charge in [-0.3, -0.25) is 4.79 Å². The van der Waals surface area contributed by atoms with E-state index in [2.05, 4.69) is 10.5 Å². The number of aryl methyl sites for hydroxylation is 2. The van der Waals surface area contributed by atoms with E-state index in [9.17, 15) is 4.79 Å². The first kappa shape index (κ1) is 13.7. The number of aliphatic hydroxyl groups excluding tert-OH is 1. The van der Waals surface area contributed by atoms with Crippen molar-refractivity contribution < 1.29 is 19.2 Å². The number of aromatic nitrogens is 1. The Kier molecular flexibility index (Phi) is 5.11. The molecule has 1 aromatic heterocycles. The quantitative estimate of drug-likeness (QED) is 0.748. The number of methoxy groups -OCH3 is 1. The molecule has 1 amide bonds. The van der Waals surface area contributed by atoms with E-state index in [1.807, 2.05) is 6.92 Å². The summed E-state index contributed by atoms with van der Waals surface area (Å²) in [5.41, 5.74) is 1.07. The van der Waals surface area contributed by atoms with Gasteiger partial charge in [0.15, 0.2) is 0 Å². The Morgan fingerprint density at radius 2 is 2.35 bits per heavy atom. The number of hydrogen-bond donors (Lipinski definition) is 2. The molecule has 0 radical (unpaired) electrons. The lowest BCUT2D eigenvalue weighted by Gasteiger charge is -2.14. The molecule has 1 aromatic rings. The smallest absolute Gasteiger partial charge is 0.257 e. The number of amides is 1. The first-order valence-corrected chi connectivity index (χ1v) is 5.49. The molecule has 0 saturated carbocycles. The molecule has 0 aliphatic rings. The average molecular weight is 242 g/mol. The van der Waals surface area contributed by atoms with Gasteiger partial charge in [-0.2, -0.15) is 0 Å². The fourth-order valence-corrected chi connectivity index (χ4v) is 1.55. The van der Waals surface area contributed by atoms with Crippen LogP contribution in [0.25, 0.3) is 0 Å². The van der Waals surface area contributed by atoms with Crippen LogP contribution in [0.5, 0.6) is 0 Å². The summed E-state index contributed by atoms with van der Waals surface area (Å²) in [7, 11) is 1.51. The zero-order valence-electron chi connectivity index (χ0n) is 10.3. The molecule has 0 fully saturated rings. The normalized spacial score (nSPS) is 12.5. The van der Waals surface area contributed by atoms with Crippen LogP contribution in [0.1, 0.15) is 28.7 Å². The molecule has 1 heterocycles. The lowest BCUT2D eigenvalue weighted by Crippen LogP contribution is -2.41. The molecule has 1 atom stereocenters. The molecule has 6 nitrogen and oxygen atoms in total. The van der Waals surface area contributed by atoms with E-state index in [-0.39, 0.29) is 19.1 Å². The van der Waals surface area contributed by atoms with Gasteiger partial charge in [0, 0.05) is 7.11 Å². The van der Waals surface area contributed by atoms with Gasteiger partial charge in [0.05, 0.1) is 24.9 Å². The number of carbonyl (C=O) groups excluding carboxylic acids is 1. The minimum Gasteiger partial charge on any atom is -0.394 e. The number of nitrogens with one attached hydrogen (secondary N) is 1. The number of rotatable bonds is 6. The summed E-state index contributed by atoms with van der Waals surface area (Å²) in [5, 5.41) is 15.5. The molecular weight excluding hydrogens is 224 g/mol. The van der Waals surface area contributed by atoms with Crippen molar-refractivity contribution in [2.45, 2.75) is 26.3 Å². The maximum atomic E-state index is 12.0. The van der Waals surface area contributed by atoms with Crippen LogP contribution in [0.2, 0.25) is 0 Å². The molecule has 0 aliphatic carbocycles. The summed E-state index contributed by atoms with van der Waals surface area (Å²) in [4.78, 5) is 12.0. The van der Waals surface area contributed by atoms with Crippen LogP contribution in [-0.4, -0.2) is 42.5 Å². The largest absolute Gasteiger partial charge is 0.394 e. The van der Waals surface area contributed by atoms with Crippen LogP contribution in [0.15, 0.2) is 4.52 Å². The Morgan fingerprint density at radius 3 is 2.88 bits per heavy atom. The second kappa shape index (κ2) is 6.36. The summed E-state index contributed by atoms with van der Waals surface area (Å²) >= 11 is 0. The molecule has 0 spiro atoms. The van der Waals surface area contributed by atoms with E-state index >= 15 is 0 Å². The molecule has 17 heavy (non-hydrogen) atoms. The van der Waals surface area contributed by atoms with Crippen molar-refractivity contribution in [1.29, 1.82) is 0 Å². The van der Waals surface area contributed by atoms with Gasteiger partial charge in [-0.05, 0) is 13.3 Å². The third-order valence-electron chi connectivity index (χ3n) is 2.42. The lowest BCUT2D eigenvalue weighted by molar-refractivity contribution is 0.0837. The van der Waals surface area contributed by atoms with E-state index in [0.29, 0.717) is 23.4 Å². The van der Waals surface area contributed by atoms with E-state index in [1.54, 1.807) is 6.92 Å². The zero-order valence-corrected chi connectivity index (χ0v) is 10.3. The van der Waals surface area contributed by atoms with Gasteiger partial charge in [-0.1, -0.05) is 12.1 Å². The van der Waals surface area contributed by atoms with E-state index in [4.69, 9.17) is 14.4 Å². The summed E-state index contributed by atoms with van der Waals surface area (Å²) in [6, 6.07) is -0.425. The molecule has 0 bridgehead atoms. The Morgan fingerprint density at radius 1 is 1.65 bits per heavy atom. The molecule has 0 aliphatic heterocycles. The van der Waals surface area contributed by atoms with Crippen LogP contribution in [0, 0.1) is 6.92 Å². The van der Waals surface area contributed by atoms with Gasteiger partial charge in [0.2, 0.25) is 0 Å². The van der Waals surface area contributed by atoms with E-state index in [1.165, 1.54) is 7.11 Å². The SMILES string of the molecule is CCc1noc(C)c1C(=O)NC(CO)COC. The topological polar surface area (TPSA) is 84.6 Å². The van der Waals surface area contributed by atoms with Crippen molar-refractivity contribution in [3.05, 3.63) is 17.0 Å². The van der Waals surface area contributed by atoms with Gasteiger partial charge in [0.25, 0.3) is 5.91 Å². The number of carbonyl (C=O) groups is 1. The number of nitrogens with zero attached hydrogens (tertiary/aromatic N) is 1. The molecule has 0 aromatic carbocycles. The van der Waals surface area contributed by atoms with Crippen molar-refractivity contribution in [1.82, 2.24) is 10.5 Å². The maximum absolute atomic E-state index is 12.0. The van der Waals surface area contributed by atoms with Crippen molar-refractivity contribution in [3.8, 4) is 0 Å². The summed E-state index contributed by atoms with van der Waals surface area (Å²) in [6.07, 6.45) is 0.619. The minimum atomic E-state index is -0.425. The van der Waals surface area contributed by atoms with Crippen molar-refractivity contribution >= 4 is 5.91 Å². The van der Waals surface area contributed by atoms with E-state index < -0.39 is 6.04 Å². The highest BCUT2D eigenvalue weighted by Gasteiger charge is 2.21. The molecule has 0 saturated heterocycles. The number of hydrogen-bond acceptors (Lipinski definition) is 5. The second-order valence-electron chi connectivity index (χ2n) is 3.72. The molecule has 6 heteroatoms. The van der Waals surface area contributed by atoms with Gasteiger partial charge < -0.3 is 19.7 Å². The van der Waals surface area contributed by atoms with Gasteiger partial charge in [-0.25, -0.2) is 0 Å². The Labute approximate surface area is 99.9 Å². The van der Waals surface area contributed by atoms with Crippen LogP contribution in [-0.2, 0) is 11.2 Å². The highest BCUT2D eigenvalue weighted by molar-refractivity contribution is 5.96. The summed E-state index contributed by atoms with van der Waals surface area (Å²) in [5.74, 6) is 0.185. The third kappa shape index (κ3) is 3.28. The van der Waals surface area contributed by atoms with E-state index in [0.717, 1.165) is 0 Å². The monoisotopic (exact) mass is 242 g/mol. The summed E-state index contributed by atoms with van der Waals surface area (Å²) in [6.45, 7) is 3.66. The van der Waals surface area contributed by atoms with Crippen LogP contribution in [0.4, 0.5) is 0 Å². The standard InChI is InChI=1S/C11H18N2O4/c1-4-9-10(7(2)17-13-9)11(15)12-8(5-14)6-16-3/h8,14H,4-6H2,1-3H3,(H,12,15). The highest BCUT2D eigenvalue weighted by Crippen LogP contribution is 2.13. The van der Waals surface area contributed by atoms with Crippen molar-refractivity contribution in [2.75, 3.05) is 20.3 Å². The average Bonchev–Trinajstić information content (AvgIpc) is 2.69. The lowest BCUT2D eigenvalue weighted by atomic mass is 10.1. The molecule has 96 valence electrons. The molecule has 2 N–H and O–H groups in total. The molecular formula is C11H18N2O4. The van der Waals surface area contributed by atoms with Crippen LogP contribution >= 0.6 is 0 Å². The van der Waals surface area contributed by atoms with Gasteiger partial charge in [0.1, 0.15) is 11.3 Å². The summed E-state index contributed by atoms with van der Waals surface area (Å²) < 4.78 is 9.86. The number of ether oxygens (including phenoxy) is 1. The predicted molar refractivity (Wildman–Crippen MR) is 60.8 cm³/mol. The predicted octanol–water partition coefficient (Wildman–Crippen LogP) is 0.283. The minimum absolute atomic E-state index is 0.175. The van der Waals surface area contributed by atoms with Gasteiger partial charge >= 0.3 is 0 Å². The zero-order chi connectivity index (χ0) is 12.8. The third-order valence-corrected chi connectivity index (χ3v) is 2.42. The molecule has 1 unspecified atom stereocenters. The van der Waals surface area contributed by atoms with Crippen molar-refractivity contribution in [3.63, 3.8) is 0 Å². The number of aliphatic hydroxyl groups is 1. The Bertz CT molecular complexity index is 376. The Hall–Kier alpha value is -1.40. The Balaban J connectivity index is 2.78. The van der Waals surface area contributed by atoms with Crippen LogP contribution in [0.3, 0.4) is 0 Å². The fourth-order valence-electron chi connectivity index (χ4n) is 1.55. The van der Waals surface area contributed by atoms with Gasteiger partial charge in [-0.15, -0.1) is 0 Å². The first-order valence-electron chi connectivity index (χ1n) is 5.49. The highest BCUT2D eigenvalue weighted by atomic mass is 16.5. The first-order chi connectivity index (χ1) is 8.13. The molecule has 1 rings (SSSR count). The fraction of sp³-hybridized carbons (Fsp3) is 0.636. The van der Waals surface area contributed by atoms with Crippen molar-refractivity contribution in [2.24, 2.45) is 0 Å².